The summed E-state index contributed by atoms with van der Waals surface area (Å²) < 4.78 is 5.72. The summed E-state index contributed by atoms with van der Waals surface area (Å²) in [7, 11) is 3.60. The van der Waals surface area contributed by atoms with Crippen LogP contribution < -0.4 is 0 Å². The Balaban J connectivity index is 1.84. The Morgan fingerprint density at radius 3 is 2.67 bits per heavy atom. The number of likely N-dealkylation sites (N-methyl/N-ethyl adjacent to an activating group) is 2. The SMILES string of the molecule is Cc1ccccc1[C@@H]1[C@@H](C(=O)N(C)CC2CCC2)OCC(=O)N1C. The first-order chi connectivity index (χ1) is 11.5. The van der Waals surface area contributed by atoms with E-state index >= 15 is 0 Å². The summed E-state index contributed by atoms with van der Waals surface area (Å²) >= 11 is 0. The molecular formula is C19H26N2O3. The molecule has 2 fully saturated rings. The van der Waals surface area contributed by atoms with E-state index in [-0.39, 0.29) is 24.5 Å². The summed E-state index contributed by atoms with van der Waals surface area (Å²) in [5.74, 6) is 0.488. The van der Waals surface area contributed by atoms with Gasteiger partial charge in [-0.05, 0) is 36.8 Å². The lowest BCUT2D eigenvalue weighted by atomic mass is 9.85. The number of nitrogens with zero attached hydrogens (tertiary/aromatic N) is 2. The highest BCUT2D eigenvalue weighted by Crippen LogP contribution is 2.33. The maximum absolute atomic E-state index is 13.0. The van der Waals surface area contributed by atoms with Crippen LogP contribution in [0, 0.1) is 12.8 Å². The first kappa shape index (κ1) is 17.0. The number of hydrogen-bond acceptors (Lipinski definition) is 3. The minimum atomic E-state index is -0.640. The van der Waals surface area contributed by atoms with E-state index in [1.165, 1.54) is 19.3 Å². The van der Waals surface area contributed by atoms with Crippen LogP contribution in [0.25, 0.3) is 0 Å². The molecule has 0 unspecified atom stereocenters. The predicted octanol–water partition coefficient (Wildman–Crippen LogP) is 2.15. The van der Waals surface area contributed by atoms with Crippen molar-refractivity contribution in [3.05, 3.63) is 35.4 Å². The fourth-order valence-corrected chi connectivity index (χ4v) is 3.58. The van der Waals surface area contributed by atoms with Crippen LogP contribution in [0.4, 0.5) is 0 Å². The highest BCUT2D eigenvalue weighted by Gasteiger charge is 2.42. The molecule has 5 nitrogen and oxygen atoms in total. The van der Waals surface area contributed by atoms with Gasteiger partial charge in [-0.15, -0.1) is 0 Å². The number of amides is 2. The van der Waals surface area contributed by atoms with Gasteiger partial charge in [0.25, 0.3) is 5.91 Å². The maximum Gasteiger partial charge on any atom is 0.253 e. The molecule has 1 aliphatic heterocycles. The summed E-state index contributed by atoms with van der Waals surface area (Å²) in [5, 5.41) is 0. The standard InChI is InChI=1S/C19H26N2O3/c1-13-7-4-5-10-15(13)17-18(24-12-16(22)21(17)3)19(23)20(2)11-14-8-6-9-14/h4-5,7,10,14,17-18H,6,8-9,11-12H2,1-3H3/t17-,18+/m1/s1. The van der Waals surface area contributed by atoms with Crippen LogP contribution >= 0.6 is 0 Å². The minimum Gasteiger partial charge on any atom is -0.356 e. The van der Waals surface area contributed by atoms with Crippen LogP contribution in [0.1, 0.15) is 36.4 Å². The van der Waals surface area contributed by atoms with Gasteiger partial charge < -0.3 is 14.5 Å². The van der Waals surface area contributed by atoms with Crippen molar-refractivity contribution in [2.24, 2.45) is 5.92 Å². The number of aryl methyl sites for hydroxylation is 1. The smallest absolute Gasteiger partial charge is 0.253 e. The molecule has 1 aliphatic carbocycles. The lowest BCUT2D eigenvalue weighted by molar-refractivity contribution is -0.167. The summed E-state index contributed by atoms with van der Waals surface area (Å²) in [4.78, 5) is 28.6. The zero-order valence-corrected chi connectivity index (χ0v) is 14.7. The van der Waals surface area contributed by atoms with E-state index in [9.17, 15) is 9.59 Å². The van der Waals surface area contributed by atoms with Gasteiger partial charge in [0, 0.05) is 20.6 Å². The highest BCUT2D eigenvalue weighted by molar-refractivity contribution is 5.86. The Labute approximate surface area is 143 Å². The monoisotopic (exact) mass is 330 g/mol. The summed E-state index contributed by atoms with van der Waals surface area (Å²) in [6.07, 6.45) is 3.01. The third kappa shape index (κ3) is 3.18. The Bertz CT molecular complexity index is 627. The minimum absolute atomic E-state index is 0.0329. The van der Waals surface area contributed by atoms with Crippen molar-refractivity contribution >= 4 is 11.8 Å². The number of carbonyl (C=O) groups is 2. The zero-order chi connectivity index (χ0) is 17.3. The van der Waals surface area contributed by atoms with Crippen molar-refractivity contribution < 1.29 is 14.3 Å². The van der Waals surface area contributed by atoms with Gasteiger partial charge in [-0.3, -0.25) is 9.59 Å². The molecule has 130 valence electrons. The molecule has 5 heteroatoms. The van der Waals surface area contributed by atoms with Crippen LogP contribution in [0.15, 0.2) is 24.3 Å². The molecule has 0 aromatic heterocycles. The van der Waals surface area contributed by atoms with Gasteiger partial charge in [-0.2, -0.15) is 0 Å². The largest absolute Gasteiger partial charge is 0.356 e. The van der Waals surface area contributed by atoms with Gasteiger partial charge in [0.05, 0.1) is 6.04 Å². The molecule has 2 atom stereocenters. The molecule has 0 radical (unpaired) electrons. The molecule has 1 aromatic carbocycles. The second kappa shape index (κ2) is 6.93. The number of benzene rings is 1. The molecule has 0 spiro atoms. The van der Waals surface area contributed by atoms with Crippen LogP contribution in [0.2, 0.25) is 0 Å². The molecule has 2 amide bonds. The predicted molar refractivity (Wildman–Crippen MR) is 91.4 cm³/mol. The number of ether oxygens (including phenoxy) is 1. The number of rotatable bonds is 4. The third-order valence-corrected chi connectivity index (χ3v) is 5.37. The Hall–Kier alpha value is -1.88. The number of morpholine rings is 1. The van der Waals surface area contributed by atoms with E-state index < -0.39 is 6.10 Å². The van der Waals surface area contributed by atoms with Crippen LogP contribution in [0.3, 0.4) is 0 Å². The Kier molecular flexibility index (Phi) is 4.90. The van der Waals surface area contributed by atoms with E-state index in [1.807, 2.05) is 38.2 Å². The molecular weight excluding hydrogens is 304 g/mol. The third-order valence-electron chi connectivity index (χ3n) is 5.37. The van der Waals surface area contributed by atoms with Crippen molar-refractivity contribution in [2.45, 2.75) is 38.3 Å². The van der Waals surface area contributed by atoms with Gasteiger partial charge in [0.15, 0.2) is 6.10 Å². The topological polar surface area (TPSA) is 49.9 Å². The molecule has 2 aliphatic rings. The van der Waals surface area contributed by atoms with Gasteiger partial charge in [-0.1, -0.05) is 30.7 Å². The van der Waals surface area contributed by atoms with Crippen molar-refractivity contribution in [3.8, 4) is 0 Å². The average Bonchev–Trinajstić information content (AvgIpc) is 2.53. The molecule has 1 saturated carbocycles. The van der Waals surface area contributed by atoms with Crippen molar-refractivity contribution in [2.75, 3.05) is 27.2 Å². The van der Waals surface area contributed by atoms with Crippen molar-refractivity contribution in [1.82, 2.24) is 9.80 Å². The van der Waals surface area contributed by atoms with Crippen LogP contribution in [0.5, 0.6) is 0 Å². The summed E-state index contributed by atoms with van der Waals surface area (Å²) in [5.41, 5.74) is 2.04. The first-order valence-electron chi connectivity index (χ1n) is 8.67. The number of carbonyl (C=O) groups excluding carboxylic acids is 2. The zero-order valence-electron chi connectivity index (χ0n) is 14.7. The summed E-state index contributed by atoms with van der Waals surface area (Å²) in [6, 6.07) is 7.51. The molecule has 1 saturated heterocycles. The highest BCUT2D eigenvalue weighted by atomic mass is 16.5. The average molecular weight is 330 g/mol. The Morgan fingerprint density at radius 2 is 2.04 bits per heavy atom. The van der Waals surface area contributed by atoms with Crippen LogP contribution in [-0.4, -0.2) is 55.0 Å². The summed E-state index contributed by atoms with van der Waals surface area (Å²) in [6.45, 7) is 2.74. The van der Waals surface area contributed by atoms with Gasteiger partial charge in [0.1, 0.15) is 6.61 Å². The lowest BCUT2D eigenvalue weighted by Gasteiger charge is -2.41. The normalized spacial score (nSPS) is 24.6. The van der Waals surface area contributed by atoms with E-state index in [1.54, 1.807) is 16.8 Å². The molecule has 3 rings (SSSR count). The van der Waals surface area contributed by atoms with Gasteiger partial charge in [-0.25, -0.2) is 0 Å². The second-order valence-electron chi connectivity index (χ2n) is 7.05. The quantitative estimate of drug-likeness (QED) is 0.850. The van der Waals surface area contributed by atoms with E-state index in [0.717, 1.165) is 17.7 Å². The maximum atomic E-state index is 13.0. The lowest BCUT2D eigenvalue weighted by Crippen LogP contribution is -2.54. The van der Waals surface area contributed by atoms with Gasteiger partial charge in [0.2, 0.25) is 5.91 Å². The molecule has 0 N–H and O–H groups in total. The van der Waals surface area contributed by atoms with Crippen LogP contribution in [-0.2, 0) is 14.3 Å². The van der Waals surface area contributed by atoms with Crippen molar-refractivity contribution in [3.63, 3.8) is 0 Å². The van der Waals surface area contributed by atoms with E-state index in [2.05, 4.69) is 0 Å². The fraction of sp³-hybridized carbons (Fsp3) is 0.579. The molecule has 0 bridgehead atoms. The molecule has 1 heterocycles. The van der Waals surface area contributed by atoms with E-state index in [4.69, 9.17) is 4.74 Å². The molecule has 1 aromatic rings. The fourth-order valence-electron chi connectivity index (χ4n) is 3.58. The first-order valence-corrected chi connectivity index (χ1v) is 8.67. The van der Waals surface area contributed by atoms with E-state index in [0.29, 0.717) is 5.92 Å². The Morgan fingerprint density at radius 1 is 1.33 bits per heavy atom. The van der Waals surface area contributed by atoms with Crippen molar-refractivity contribution in [1.29, 1.82) is 0 Å². The molecule has 24 heavy (non-hydrogen) atoms. The number of hydrogen-bond donors (Lipinski definition) is 0. The van der Waals surface area contributed by atoms with Gasteiger partial charge >= 0.3 is 0 Å². The second-order valence-corrected chi connectivity index (χ2v) is 7.05.